The molecule has 0 bridgehead atoms. The Bertz CT molecular complexity index is 764. The Hall–Kier alpha value is -2.05. The maximum atomic E-state index is 13.0. The van der Waals surface area contributed by atoms with Crippen molar-refractivity contribution < 1.29 is 14.0 Å². The number of benzene rings is 2. The van der Waals surface area contributed by atoms with E-state index in [1.807, 2.05) is 0 Å². The minimum absolute atomic E-state index is 0.127. The highest BCUT2D eigenvalue weighted by molar-refractivity contribution is 8.21. The summed E-state index contributed by atoms with van der Waals surface area (Å²) in [7, 11) is 6.77. The summed E-state index contributed by atoms with van der Waals surface area (Å²) in [6.07, 6.45) is 1.78. The average molecular weight is 379 g/mol. The third-order valence-corrected chi connectivity index (χ3v) is 4.96. The molecule has 0 radical (unpaired) electrons. The molecule has 1 atom stereocenters. The number of anilines is 1. The van der Waals surface area contributed by atoms with Gasteiger partial charge in [0.2, 0.25) is 5.91 Å². The van der Waals surface area contributed by atoms with E-state index in [1.54, 1.807) is 24.3 Å². The van der Waals surface area contributed by atoms with Crippen molar-refractivity contribution >= 4 is 39.2 Å². The summed E-state index contributed by atoms with van der Waals surface area (Å²) >= 11 is 0. The largest absolute Gasteiger partial charge is 0.340 e. The fraction of sp³-hybridized carbons (Fsp3) is 0.222. The molecule has 1 aliphatic carbocycles. The van der Waals surface area contributed by atoms with Crippen LogP contribution in [0.25, 0.3) is 0 Å². The lowest BCUT2D eigenvalue weighted by molar-refractivity contribution is -0.118. The normalized spacial score (nSPS) is 14.6. The zero-order valence-electron chi connectivity index (χ0n) is 13.2. The van der Waals surface area contributed by atoms with Crippen LogP contribution in [0.15, 0.2) is 53.4 Å². The Morgan fingerprint density at radius 3 is 2.28 bits per heavy atom. The molecule has 3 rings (SSSR count). The number of rotatable bonds is 6. The topological polar surface area (TPSA) is 58.2 Å². The number of carbonyl (C=O) groups is 2. The fourth-order valence-corrected chi connectivity index (χ4v) is 3.01. The van der Waals surface area contributed by atoms with Crippen molar-refractivity contribution in [3.05, 3.63) is 59.9 Å². The first-order valence-corrected chi connectivity index (χ1v) is 9.47. The fourth-order valence-electron chi connectivity index (χ4n) is 2.46. The van der Waals surface area contributed by atoms with Gasteiger partial charge in [-0.15, -0.1) is 0 Å². The van der Waals surface area contributed by atoms with E-state index in [9.17, 15) is 14.0 Å². The summed E-state index contributed by atoms with van der Waals surface area (Å²) in [6, 6.07) is 11.7. The minimum atomic E-state index is -0.611. The molecule has 1 unspecified atom stereocenters. The molecule has 0 aromatic heterocycles. The molecule has 25 heavy (non-hydrogen) atoms. The van der Waals surface area contributed by atoms with Gasteiger partial charge in [0.25, 0.3) is 5.91 Å². The molecule has 7 heteroatoms. The molecule has 1 aliphatic rings. The second kappa shape index (κ2) is 7.89. The molecule has 130 valence electrons. The Balaban J connectivity index is 1.66. The van der Waals surface area contributed by atoms with Crippen molar-refractivity contribution in [1.29, 1.82) is 0 Å². The molecule has 2 aromatic rings. The molecule has 0 heterocycles. The van der Waals surface area contributed by atoms with Crippen LogP contribution >= 0.6 is 21.7 Å². The van der Waals surface area contributed by atoms with Gasteiger partial charge in [0, 0.05) is 16.1 Å². The summed E-state index contributed by atoms with van der Waals surface area (Å²) < 4.78 is 13.0. The van der Waals surface area contributed by atoms with Crippen LogP contribution in [0.3, 0.4) is 0 Å². The molecule has 0 saturated heterocycles. The van der Waals surface area contributed by atoms with Crippen molar-refractivity contribution in [2.24, 2.45) is 5.92 Å². The van der Waals surface area contributed by atoms with Crippen LogP contribution in [0, 0.1) is 11.7 Å². The van der Waals surface area contributed by atoms with Crippen molar-refractivity contribution in [3.8, 4) is 0 Å². The highest BCUT2D eigenvalue weighted by Gasteiger charge is 2.37. The Morgan fingerprint density at radius 2 is 1.72 bits per heavy atom. The van der Waals surface area contributed by atoms with E-state index in [-0.39, 0.29) is 17.7 Å². The Kier molecular flexibility index (Phi) is 5.60. The number of carbonyl (C=O) groups excluding carboxylic acids is 2. The monoisotopic (exact) mass is 378 g/mol. The van der Waals surface area contributed by atoms with Crippen LogP contribution in [0.2, 0.25) is 0 Å². The van der Waals surface area contributed by atoms with Crippen LogP contribution in [0.5, 0.6) is 0 Å². The van der Waals surface area contributed by atoms with Gasteiger partial charge in [-0.3, -0.25) is 9.59 Å². The number of halogens is 2. The van der Waals surface area contributed by atoms with Crippen LogP contribution < -0.4 is 10.6 Å². The molecule has 2 N–H and O–H groups in total. The molecular formula is C18H16ClFN2O2S. The molecule has 4 nitrogen and oxygen atoms in total. The van der Waals surface area contributed by atoms with Crippen molar-refractivity contribution in [2.45, 2.75) is 23.8 Å². The van der Waals surface area contributed by atoms with E-state index < -0.39 is 11.9 Å². The summed E-state index contributed by atoms with van der Waals surface area (Å²) in [5.41, 5.74) is 0.962. The van der Waals surface area contributed by atoms with Gasteiger partial charge in [0.1, 0.15) is 11.9 Å². The van der Waals surface area contributed by atoms with Gasteiger partial charge in [-0.25, -0.2) is 4.39 Å². The van der Waals surface area contributed by atoms with Gasteiger partial charge in [0.05, 0.1) is 0 Å². The van der Waals surface area contributed by atoms with Crippen LogP contribution in [0.4, 0.5) is 10.1 Å². The molecule has 0 aliphatic heterocycles. The molecule has 2 amide bonds. The predicted octanol–water partition coefficient (Wildman–Crippen LogP) is 4.22. The lowest BCUT2D eigenvalue weighted by Gasteiger charge is -2.18. The zero-order valence-corrected chi connectivity index (χ0v) is 14.7. The zero-order chi connectivity index (χ0) is 17.8. The standard InChI is InChI=1S/C18H16ClFN2O2S/c19-25-15-9-7-14(8-10-15)21-18(24)16(11-1-2-11)22-17(23)12-3-5-13(20)6-4-12/h3-11,16H,1-2H2,(H,21,24)(H,22,23). The highest BCUT2D eigenvalue weighted by atomic mass is 35.7. The Labute approximate surface area is 153 Å². The second-order valence-corrected chi connectivity index (χ2v) is 6.97. The third-order valence-electron chi connectivity index (χ3n) is 3.98. The lowest BCUT2D eigenvalue weighted by atomic mass is 10.1. The summed E-state index contributed by atoms with van der Waals surface area (Å²) in [5, 5.41) is 5.57. The third kappa shape index (κ3) is 4.74. The van der Waals surface area contributed by atoms with Gasteiger partial charge in [-0.2, -0.15) is 0 Å². The van der Waals surface area contributed by atoms with E-state index in [1.165, 1.54) is 24.3 Å². The van der Waals surface area contributed by atoms with Crippen LogP contribution in [-0.4, -0.2) is 17.9 Å². The van der Waals surface area contributed by atoms with Gasteiger partial charge < -0.3 is 10.6 Å². The van der Waals surface area contributed by atoms with Crippen molar-refractivity contribution in [2.75, 3.05) is 5.32 Å². The van der Waals surface area contributed by atoms with Gasteiger partial charge in [-0.1, -0.05) is 0 Å². The number of nitrogens with one attached hydrogen (secondary N) is 2. The van der Waals surface area contributed by atoms with Crippen molar-refractivity contribution in [1.82, 2.24) is 5.32 Å². The maximum Gasteiger partial charge on any atom is 0.251 e. The Morgan fingerprint density at radius 1 is 1.08 bits per heavy atom. The van der Waals surface area contributed by atoms with E-state index >= 15 is 0 Å². The summed E-state index contributed by atoms with van der Waals surface area (Å²) in [5.74, 6) is -0.932. The van der Waals surface area contributed by atoms with E-state index in [0.717, 1.165) is 28.7 Å². The van der Waals surface area contributed by atoms with Gasteiger partial charge >= 0.3 is 0 Å². The predicted molar refractivity (Wildman–Crippen MR) is 97.2 cm³/mol. The minimum Gasteiger partial charge on any atom is -0.340 e. The van der Waals surface area contributed by atoms with E-state index in [4.69, 9.17) is 10.7 Å². The summed E-state index contributed by atoms with van der Waals surface area (Å²) in [6.45, 7) is 0. The molecule has 2 aromatic carbocycles. The first-order chi connectivity index (χ1) is 12.1. The van der Waals surface area contributed by atoms with E-state index in [2.05, 4.69) is 10.6 Å². The first kappa shape index (κ1) is 17.8. The smallest absolute Gasteiger partial charge is 0.251 e. The number of hydrogen-bond acceptors (Lipinski definition) is 3. The van der Waals surface area contributed by atoms with Crippen LogP contribution in [0.1, 0.15) is 23.2 Å². The van der Waals surface area contributed by atoms with Crippen LogP contribution in [-0.2, 0) is 4.79 Å². The molecule has 1 fully saturated rings. The number of amides is 2. The molecule has 0 spiro atoms. The average Bonchev–Trinajstić information content (AvgIpc) is 3.45. The SMILES string of the molecule is O=C(NC(C(=O)Nc1ccc(SCl)cc1)C1CC1)c1ccc(F)cc1. The quantitative estimate of drug-likeness (QED) is 0.791. The van der Waals surface area contributed by atoms with Gasteiger partial charge in [0.15, 0.2) is 0 Å². The summed E-state index contributed by atoms with van der Waals surface area (Å²) in [4.78, 5) is 25.7. The highest BCUT2D eigenvalue weighted by Crippen LogP contribution is 2.33. The first-order valence-electron chi connectivity index (χ1n) is 7.83. The maximum absolute atomic E-state index is 13.0. The molecular weight excluding hydrogens is 363 g/mol. The second-order valence-electron chi connectivity index (χ2n) is 5.89. The van der Waals surface area contributed by atoms with Crippen molar-refractivity contribution in [3.63, 3.8) is 0 Å². The van der Waals surface area contributed by atoms with Gasteiger partial charge in [-0.05, 0) is 88.9 Å². The van der Waals surface area contributed by atoms with E-state index in [0.29, 0.717) is 11.3 Å². The lowest BCUT2D eigenvalue weighted by Crippen LogP contribution is -2.45. The molecule has 1 saturated carbocycles. The number of hydrogen-bond donors (Lipinski definition) is 2.